The van der Waals surface area contributed by atoms with Gasteiger partial charge in [-0.25, -0.2) is 0 Å². The fraction of sp³-hybridized carbons (Fsp3) is 0.692. The van der Waals surface area contributed by atoms with E-state index in [2.05, 4.69) is 5.32 Å². The van der Waals surface area contributed by atoms with Gasteiger partial charge < -0.3 is 10.4 Å². The lowest BCUT2D eigenvalue weighted by Gasteiger charge is -2.23. The van der Waals surface area contributed by atoms with Crippen LogP contribution in [0.15, 0.2) is 12.2 Å². The van der Waals surface area contributed by atoms with Crippen LogP contribution in [-0.4, -0.2) is 35.5 Å². The number of carbonyl (C=O) groups excluding carboxylic acids is 1. The van der Waals surface area contributed by atoms with Crippen molar-refractivity contribution in [3.63, 3.8) is 0 Å². The smallest absolute Gasteiger partial charge is 0.307 e. The van der Waals surface area contributed by atoms with Crippen molar-refractivity contribution in [1.82, 2.24) is 5.32 Å². The summed E-state index contributed by atoms with van der Waals surface area (Å²) in [4.78, 5) is 23.4. The number of aliphatic carboxylic acids is 1. The summed E-state index contributed by atoms with van der Waals surface area (Å²) in [5.41, 5.74) is 0. The van der Waals surface area contributed by atoms with Gasteiger partial charge in [-0.3, -0.25) is 9.59 Å². The minimum absolute atomic E-state index is 0.0504. The molecule has 2 aliphatic carbocycles. The molecule has 2 N–H and O–H groups in total. The van der Waals surface area contributed by atoms with Crippen LogP contribution in [-0.2, 0) is 9.59 Å². The Morgan fingerprint density at radius 3 is 2.61 bits per heavy atom. The minimum Gasteiger partial charge on any atom is -0.481 e. The number of thioether (sulfide) groups is 1. The lowest BCUT2D eigenvalue weighted by Crippen LogP contribution is -2.40. The lowest BCUT2D eigenvalue weighted by molar-refractivity contribution is -0.147. The second-order valence-electron chi connectivity index (χ2n) is 4.98. The summed E-state index contributed by atoms with van der Waals surface area (Å²) >= 11 is 1.75. The normalized spacial score (nSPS) is 32.7. The van der Waals surface area contributed by atoms with Crippen LogP contribution in [0.1, 0.15) is 12.8 Å². The molecule has 100 valence electrons. The van der Waals surface area contributed by atoms with E-state index in [1.165, 1.54) is 0 Å². The Labute approximate surface area is 111 Å². The number of allylic oxidation sites excluding steroid dienone is 2. The van der Waals surface area contributed by atoms with Crippen molar-refractivity contribution < 1.29 is 14.7 Å². The molecule has 5 heteroatoms. The van der Waals surface area contributed by atoms with E-state index in [9.17, 15) is 14.7 Å². The molecule has 4 unspecified atom stereocenters. The molecule has 0 spiro atoms. The van der Waals surface area contributed by atoms with Gasteiger partial charge in [-0.15, -0.1) is 0 Å². The van der Waals surface area contributed by atoms with Crippen molar-refractivity contribution in [1.29, 1.82) is 0 Å². The quantitative estimate of drug-likeness (QED) is 0.565. The number of carbonyl (C=O) groups is 2. The molecule has 2 bridgehead atoms. The Bertz CT molecular complexity index is 369. The SMILES string of the molecule is CSCCCNC(=O)C1C2C=CC(C2)C1C(=O)O. The molecule has 1 amide bonds. The highest BCUT2D eigenvalue weighted by Crippen LogP contribution is 2.48. The maximum atomic E-state index is 12.1. The summed E-state index contributed by atoms with van der Waals surface area (Å²) in [7, 11) is 0. The van der Waals surface area contributed by atoms with Gasteiger partial charge >= 0.3 is 5.97 Å². The molecule has 0 aliphatic heterocycles. The van der Waals surface area contributed by atoms with Gasteiger partial charge in [0.1, 0.15) is 0 Å². The monoisotopic (exact) mass is 269 g/mol. The third kappa shape index (κ3) is 2.55. The van der Waals surface area contributed by atoms with Gasteiger partial charge in [0.05, 0.1) is 11.8 Å². The molecular formula is C13H19NO3S. The largest absolute Gasteiger partial charge is 0.481 e. The van der Waals surface area contributed by atoms with E-state index >= 15 is 0 Å². The molecule has 2 rings (SSSR count). The average Bonchev–Trinajstić information content (AvgIpc) is 2.94. The van der Waals surface area contributed by atoms with Gasteiger partial charge in [-0.1, -0.05) is 12.2 Å². The molecule has 18 heavy (non-hydrogen) atoms. The standard InChI is InChI=1S/C13H19NO3S/c1-18-6-2-5-14-12(15)10-8-3-4-9(7-8)11(10)13(16)17/h3-4,8-11H,2,5-7H2,1H3,(H,14,15)(H,16,17). The number of amides is 1. The summed E-state index contributed by atoms with van der Waals surface area (Å²) in [6.07, 6.45) is 7.75. The molecule has 0 aromatic heterocycles. The summed E-state index contributed by atoms with van der Waals surface area (Å²) < 4.78 is 0. The van der Waals surface area contributed by atoms with Gasteiger partial charge in [0.15, 0.2) is 0 Å². The molecule has 4 atom stereocenters. The van der Waals surface area contributed by atoms with Gasteiger partial charge in [-0.2, -0.15) is 11.8 Å². The van der Waals surface area contributed by atoms with Gasteiger partial charge in [0, 0.05) is 6.54 Å². The maximum Gasteiger partial charge on any atom is 0.307 e. The highest BCUT2D eigenvalue weighted by atomic mass is 32.2. The Balaban J connectivity index is 1.92. The van der Waals surface area contributed by atoms with Crippen LogP contribution < -0.4 is 5.32 Å². The van der Waals surface area contributed by atoms with E-state index in [1.54, 1.807) is 11.8 Å². The number of carboxylic acids is 1. The van der Waals surface area contributed by atoms with Crippen molar-refractivity contribution in [2.24, 2.45) is 23.7 Å². The van der Waals surface area contributed by atoms with E-state index in [0.29, 0.717) is 6.54 Å². The van der Waals surface area contributed by atoms with E-state index in [-0.39, 0.29) is 23.7 Å². The van der Waals surface area contributed by atoms with Crippen molar-refractivity contribution in [2.75, 3.05) is 18.6 Å². The number of rotatable bonds is 6. The van der Waals surface area contributed by atoms with Gasteiger partial charge in [-0.05, 0) is 36.7 Å². The number of hydrogen-bond acceptors (Lipinski definition) is 3. The third-order valence-corrected chi connectivity index (χ3v) is 4.57. The molecule has 0 saturated heterocycles. The number of nitrogens with one attached hydrogen (secondary N) is 1. The fourth-order valence-corrected chi connectivity index (χ4v) is 3.50. The Kier molecular flexibility index (Phi) is 4.32. The Morgan fingerprint density at radius 2 is 2.00 bits per heavy atom. The van der Waals surface area contributed by atoms with Crippen LogP contribution in [0.3, 0.4) is 0 Å². The predicted octanol–water partition coefficient (Wildman–Crippen LogP) is 1.38. The lowest BCUT2D eigenvalue weighted by atomic mass is 9.82. The summed E-state index contributed by atoms with van der Waals surface area (Å²) in [6.45, 7) is 0.642. The number of fused-ring (bicyclic) bond motifs is 2. The topological polar surface area (TPSA) is 66.4 Å². The average molecular weight is 269 g/mol. The van der Waals surface area contributed by atoms with E-state index in [4.69, 9.17) is 0 Å². The van der Waals surface area contributed by atoms with Crippen molar-refractivity contribution in [3.05, 3.63) is 12.2 Å². The number of hydrogen-bond donors (Lipinski definition) is 2. The second kappa shape index (κ2) is 5.78. The number of carboxylic acid groups (broad SMARTS) is 1. The zero-order valence-electron chi connectivity index (χ0n) is 10.5. The van der Waals surface area contributed by atoms with E-state index < -0.39 is 11.9 Å². The zero-order chi connectivity index (χ0) is 13.1. The molecule has 1 saturated carbocycles. The summed E-state index contributed by atoms with van der Waals surface area (Å²) in [6, 6.07) is 0. The van der Waals surface area contributed by atoms with Gasteiger partial charge in [0.25, 0.3) is 0 Å². The van der Waals surface area contributed by atoms with Crippen molar-refractivity contribution in [3.8, 4) is 0 Å². The predicted molar refractivity (Wildman–Crippen MR) is 71.4 cm³/mol. The van der Waals surface area contributed by atoms with Crippen molar-refractivity contribution in [2.45, 2.75) is 12.8 Å². The van der Waals surface area contributed by atoms with E-state index in [1.807, 2.05) is 18.4 Å². The van der Waals surface area contributed by atoms with Gasteiger partial charge in [0.2, 0.25) is 5.91 Å². The Hall–Kier alpha value is -0.970. The minimum atomic E-state index is -0.837. The first kappa shape index (κ1) is 13.5. The molecule has 1 fully saturated rings. The first-order valence-corrected chi connectivity index (χ1v) is 7.72. The molecule has 0 aromatic carbocycles. The molecule has 0 radical (unpaired) electrons. The third-order valence-electron chi connectivity index (χ3n) is 3.87. The van der Waals surface area contributed by atoms with Crippen LogP contribution in [0.2, 0.25) is 0 Å². The molecule has 0 heterocycles. The summed E-state index contributed by atoms with van der Waals surface area (Å²) in [5, 5.41) is 12.1. The first-order valence-electron chi connectivity index (χ1n) is 6.33. The first-order chi connectivity index (χ1) is 8.65. The highest BCUT2D eigenvalue weighted by molar-refractivity contribution is 7.98. The van der Waals surface area contributed by atoms with Crippen molar-refractivity contribution >= 4 is 23.6 Å². The van der Waals surface area contributed by atoms with Crippen LogP contribution in [0.4, 0.5) is 0 Å². The van der Waals surface area contributed by atoms with Crippen LogP contribution in [0.25, 0.3) is 0 Å². The zero-order valence-corrected chi connectivity index (χ0v) is 11.3. The molecule has 2 aliphatic rings. The molecule has 4 nitrogen and oxygen atoms in total. The highest BCUT2D eigenvalue weighted by Gasteiger charge is 2.51. The van der Waals surface area contributed by atoms with Crippen LogP contribution in [0.5, 0.6) is 0 Å². The second-order valence-corrected chi connectivity index (χ2v) is 5.96. The fourth-order valence-electron chi connectivity index (χ4n) is 3.06. The summed E-state index contributed by atoms with van der Waals surface area (Å²) in [5.74, 6) is -0.630. The Morgan fingerprint density at radius 1 is 1.33 bits per heavy atom. The van der Waals surface area contributed by atoms with E-state index in [0.717, 1.165) is 18.6 Å². The molecular weight excluding hydrogens is 250 g/mol. The maximum absolute atomic E-state index is 12.1. The van der Waals surface area contributed by atoms with Crippen LogP contribution in [0, 0.1) is 23.7 Å². The van der Waals surface area contributed by atoms with Crippen LogP contribution >= 0.6 is 11.8 Å². The molecule has 0 aromatic rings.